The van der Waals surface area contributed by atoms with E-state index in [1.807, 2.05) is 6.92 Å². The fourth-order valence-corrected chi connectivity index (χ4v) is 3.57. The van der Waals surface area contributed by atoms with Crippen molar-refractivity contribution in [3.63, 3.8) is 0 Å². The van der Waals surface area contributed by atoms with Gasteiger partial charge in [-0.05, 0) is 60.9 Å². The quantitative estimate of drug-likeness (QED) is 0.863. The zero-order chi connectivity index (χ0) is 15.9. The van der Waals surface area contributed by atoms with E-state index in [2.05, 4.69) is 21.2 Å². The third-order valence-electron chi connectivity index (χ3n) is 4.21. The molecular weight excluding hydrogens is 370 g/mol. The van der Waals surface area contributed by atoms with Gasteiger partial charge in [-0.2, -0.15) is 0 Å². The molecule has 0 radical (unpaired) electrons. The molecule has 5 nitrogen and oxygen atoms in total. The molecule has 2 aromatic rings. The number of benzene rings is 1. The fourth-order valence-electron chi connectivity index (χ4n) is 3.07. The van der Waals surface area contributed by atoms with Crippen LogP contribution in [0.2, 0.25) is 5.02 Å². The van der Waals surface area contributed by atoms with Crippen molar-refractivity contribution in [3.05, 3.63) is 42.5 Å². The maximum Gasteiger partial charge on any atom is 0.331 e. The Labute approximate surface area is 141 Å². The van der Waals surface area contributed by atoms with E-state index in [0.717, 1.165) is 25.9 Å². The molecule has 0 bridgehead atoms. The largest absolute Gasteiger partial charge is 0.331 e. The van der Waals surface area contributed by atoms with Crippen molar-refractivity contribution < 1.29 is 0 Å². The first-order valence-electron chi connectivity index (χ1n) is 7.39. The number of piperidine rings is 1. The number of fused-ring (bicyclic) bond motifs is 1. The van der Waals surface area contributed by atoms with E-state index in [-0.39, 0.29) is 17.3 Å². The Morgan fingerprint density at radius 2 is 2.00 bits per heavy atom. The molecule has 1 N–H and O–H groups in total. The van der Waals surface area contributed by atoms with Crippen molar-refractivity contribution >= 4 is 38.4 Å². The highest BCUT2D eigenvalue weighted by Crippen LogP contribution is 2.26. The first-order valence-corrected chi connectivity index (χ1v) is 8.56. The summed E-state index contributed by atoms with van der Waals surface area (Å²) in [6, 6.07) is 3.35. The van der Waals surface area contributed by atoms with Crippen LogP contribution in [0.5, 0.6) is 0 Å². The van der Waals surface area contributed by atoms with Crippen LogP contribution in [-0.2, 0) is 6.54 Å². The van der Waals surface area contributed by atoms with Crippen molar-refractivity contribution in [3.8, 4) is 0 Å². The number of nitrogens with one attached hydrogen (secondary N) is 1. The summed E-state index contributed by atoms with van der Waals surface area (Å²) in [6.45, 7) is 4.04. The number of nitrogens with zero attached hydrogens (tertiary/aromatic N) is 2. The van der Waals surface area contributed by atoms with Gasteiger partial charge in [0, 0.05) is 17.1 Å². The minimum Gasteiger partial charge on any atom is -0.317 e. The molecule has 3 rings (SSSR count). The summed E-state index contributed by atoms with van der Waals surface area (Å²) in [5.74, 6) is 0. The molecule has 1 aliphatic rings. The molecule has 1 aliphatic heterocycles. The van der Waals surface area contributed by atoms with Gasteiger partial charge in [-0.25, -0.2) is 4.79 Å². The van der Waals surface area contributed by atoms with E-state index in [4.69, 9.17) is 11.6 Å². The lowest BCUT2D eigenvalue weighted by atomic mass is 10.1. The third-order valence-corrected chi connectivity index (χ3v) is 5.40. The molecule has 1 saturated heterocycles. The molecule has 0 spiro atoms. The van der Waals surface area contributed by atoms with E-state index in [1.54, 1.807) is 16.7 Å². The van der Waals surface area contributed by atoms with Crippen LogP contribution in [0.3, 0.4) is 0 Å². The molecule has 0 aliphatic carbocycles. The van der Waals surface area contributed by atoms with Crippen LogP contribution < -0.4 is 16.6 Å². The molecule has 0 amide bonds. The second-order valence-electron chi connectivity index (χ2n) is 5.47. The molecular formula is C15H17BrClN3O2. The van der Waals surface area contributed by atoms with Crippen LogP contribution in [0, 0.1) is 0 Å². The molecule has 2 heterocycles. The number of halogens is 2. The Hall–Kier alpha value is -1.11. The maximum atomic E-state index is 12.8. The fraction of sp³-hybridized carbons (Fsp3) is 0.467. The molecule has 0 saturated carbocycles. The maximum absolute atomic E-state index is 12.8. The van der Waals surface area contributed by atoms with E-state index in [0.29, 0.717) is 26.9 Å². The Balaban J connectivity index is 2.36. The number of hydrogen-bond acceptors (Lipinski definition) is 3. The van der Waals surface area contributed by atoms with Gasteiger partial charge in [0.05, 0.1) is 15.9 Å². The summed E-state index contributed by atoms with van der Waals surface area (Å²) in [5, 5.41) is 4.27. The average Bonchev–Trinajstić information content (AvgIpc) is 2.51. The highest BCUT2D eigenvalue weighted by molar-refractivity contribution is 9.10. The van der Waals surface area contributed by atoms with E-state index in [1.165, 1.54) is 4.57 Å². The van der Waals surface area contributed by atoms with Crippen LogP contribution >= 0.6 is 27.5 Å². The van der Waals surface area contributed by atoms with E-state index >= 15 is 0 Å². The second-order valence-corrected chi connectivity index (χ2v) is 6.73. The Bertz CT molecular complexity index is 837. The van der Waals surface area contributed by atoms with Crippen LogP contribution in [0.4, 0.5) is 0 Å². The zero-order valence-corrected chi connectivity index (χ0v) is 14.6. The van der Waals surface area contributed by atoms with Crippen molar-refractivity contribution in [1.82, 2.24) is 14.5 Å². The smallest absolute Gasteiger partial charge is 0.317 e. The zero-order valence-electron chi connectivity index (χ0n) is 12.2. The molecule has 0 unspecified atom stereocenters. The third kappa shape index (κ3) is 2.53. The summed E-state index contributed by atoms with van der Waals surface area (Å²) in [6.07, 6.45) is 1.58. The molecule has 1 aromatic carbocycles. The van der Waals surface area contributed by atoms with Gasteiger partial charge in [0.2, 0.25) is 0 Å². The van der Waals surface area contributed by atoms with Gasteiger partial charge >= 0.3 is 5.69 Å². The first kappa shape index (κ1) is 15.8. The Morgan fingerprint density at radius 3 is 2.64 bits per heavy atom. The Morgan fingerprint density at radius 1 is 1.32 bits per heavy atom. The number of rotatable bonds is 2. The number of hydrogen-bond donors (Lipinski definition) is 1. The van der Waals surface area contributed by atoms with Crippen molar-refractivity contribution in [1.29, 1.82) is 0 Å². The number of aromatic nitrogens is 2. The van der Waals surface area contributed by atoms with Crippen LogP contribution in [0.1, 0.15) is 25.8 Å². The van der Waals surface area contributed by atoms with Crippen LogP contribution in [-0.4, -0.2) is 22.2 Å². The minimum atomic E-state index is -0.245. The lowest BCUT2D eigenvalue weighted by molar-refractivity contribution is 0.346. The highest BCUT2D eigenvalue weighted by Gasteiger charge is 2.22. The molecule has 7 heteroatoms. The van der Waals surface area contributed by atoms with Gasteiger partial charge < -0.3 is 5.32 Å². The second kappa shape index (κ2) is 6.18. The summed E-state index contributed by atoms with van der Waals surface area (Å²) >= 11 is 9.49. The normalized spacial score (nSPS) is 16.3. The lowest BCUT2D eigenvalue weighted by Gasteiger charge is -2.25. The summed E-state index contributed by atoms with van der Waals surface area (Å²) in [4.78, 5) is 25.6. The van der Waals surface area contributed by atoms with Gasteiger partial charge in [0.15, 0.2) is 0 Å². The van der Waals surface area contributed by atoms with E-state index < -0.39 is 0 Å². The molecule has 1 aromatic heterocycles. The van der Waals surface area contributed by atoms with Gasteiger partial charge in [-0.3, -0.25) is 13.9 Å². The number of aryl methyl sites for hydroxylation is 1. The van der Waals surface area contributed by atoms with Gasteiger partial charge in [-0.1, -0.05) is 11.6 Å². The van der Waals surface area contributed by atoms with Crippen molar-refractivity contribution in [2.24, 2.45) is 0 Å². The van der Waals surface area contributed by atoms with Gasteiger partial charge in [0.25, 0.3) is 5.56 Å². The standard InChI is InChI=1S/C15H17BrClN3O2/c1-2-19-13-8-12(17)11(16)7-10(13)14(21)20(15(19)22)9-3-5-18-6-4-9/h7-9,18H,2-6H2,1H3. The van der Waals surface area contributed by atoms with Gasteiger partial charge in [0.1, 0.15) is 0 Å². The van der Waals surface area contributed by atoms with Crippen molar-refractivity contribution in [2.75, 3.05) is 13.1 Å². The summed E-state index contributed by atoms with van der Waals surface area (Å²) < 4.78 is 3.71. The van der Waals surface area contributed by atoms with Crippen molar-refractivity contribution in [2.45, 2.75) is 32.4 Å². The highest BCUT2D eigenvalue weighted by atomic mass is 79.9. The summed E-state index contributed by atoms with van der Waals surface area (Å²) in [7, 11) is 0. The minimum absolute atomic E-state index is 0.0436. The SMILES string of the molecule is CCn1c(=O)n(C2CCNCC2)c(=O)c2cc(Br)c(Cl)cc21. The van der Waals surface area contributed by atoms with Crippen LogP contribution in [0.25, 0.3) is 10.9 Å². The average molecular weight is 387 g/mol. The monoisotopic (exact) mass is 385 g/mol. The predicted molar refractivity (Wildman–Crippen MR) is 92.0 cm³/mol. The van der Waals surface area contributed by atoms with E-state index in [9.17, 15) is 9.59 Å². The first-order chi connectivity index (χ1) is 10.5. The molecule has 1 fully saturated rings. The molecule has 22 heavy (non-hydrogen) atoms. The Kier molecular flexibility index (Phi) is 4.43. The van der Waals surface area contributed by atoms with Crippen LogP contribution in [0.15, 0.2) is 26.2 Å². The topological polar surface area (TPSA) is 56.0 Å². The molecule has 0 atom stereocenters. The lowest BCUT2D eigenvalue weighted by Crippen LogP contribution is -2.45. The molecule has 118 valence electrons. The summed E-state index contributed by atoms with van der Waals surface area (Å²) in [5.41, 5.74) is 0.121. The predicted octanol–water partition coefficient (Wildman–Crippen LogP) is 2.52. The van der Waals surface area contributed by atoms with Gasteiger partial charge in [-0.15, -0.1) is 0 Å².